The highest BCUT2D eigenvalue weighted by molar-refractivity contribution is 7.71. The van der Waals surface area contributed by atoms with Gasteiger partial charge in [-0.3, -0.25) is 0 Å². The van der Waals surface area contributed by atoms with Gasteiger partial charge in [-0.15, -0.1) is 0 Å². The minimum Gasteiger partial charge on any atom is -0.496 e. The van der Waals surface area contributed by atoms with Crippen LogP contribution in [0.3, 0.4) is 0 Å². The van der Waals surface area contributed by atoms with Crippen molar-refractivity contribution in [3.8, 4) is 17.0 Å². The van der Waals surface area contributed by atoms with Gasteiger partial charge < -0.3 is 9.72 Å². The van der Waals surface area contributed by atoms with Crippen molar-refractivity contribution in [3.63, 3.8) is 0 Å². The maximum absolute atomic E-state index is 12.8. The Bertz CT molecular complexity index is 695. The van der Waals surface area contributed by atoms with Crippen molar-refractivity contribution >= 4 is 12.2 Å². The second-order valence-corrected chi connectivity index (χ2v) is 4.57. The predicted molar refractivity (Wildman–Crippen MR) is 71.1 cm³/mol. The van der Waals surface area contributed by atoms with E-state index in [9.17, 15) is 13.2 Å². The molecule has 0 spiro atoms. The third kappa shape index (κ3) is 2.98. The van der Waals surface area contributed by atoms with E-state index in [2.05, 4.69) is 4.98 Å². The Morgan fingerprint density at radius 2 is 1.95 bits per heavy atom. The highest BCUT2D eigenvalue weighted by Crippen LogP contribution is 2.33. The zero-order chi connectivity index (χ0) is 14.9. The van der Waals surface area contributed by atoms with Crippen LogP contribution in [0.4, 0.5) is 13.2 Å². The molecule has 0 saturated carbocycles. The standard InChI is InChI=1S/C13H11F3N2OS/c1-7-3-4-10(19-2)8(5-7)9-6-11(13(14,15)16)18-12(20)17-9/h3-6H,1-2H3,(H,17,18,20). The van der Waals surface area contributed by atoms with E-state index in [-0.39, 0.29) is 10.5 Å². The monoisotopic (exact) mass is 300 g/mol. The van der Waals surface area contributed by atoms with E-state index in [0.29, 0.717) is 11.3 Å². The molecule has 1 aromatic carbocycles. The molecule has 3 nitrogen and oxygen atoms in total. The summed E-state index contributed by atoms with van der Waals surface area (Å²) in [6.07, 6.45) is -4.51. The van der Waals surface area contributed by atoms with Gasteiger partial charge >= 0.3 is 6.18 Å². The molecule has 0 bridgehead atoms. The molecule has 1 N–H and O–H groups in total. The number of aromatic amines is 1. The number of benzene rings is 1. The smallest absolute Gasteiger partial charge is 0.431 e. The molecule has 0 saturated heterocycles. The average Bonchev–Trinajstić information content (AvgIpc) is 2.37. The summed E-state index contributed by atoms with van der Waals surface area (Å²) >= 11 is 4.76. The molecule has 0 fully saturated rings. The van der Waals surface area contributed by atoms with Crippen molar-refractivity contribution in [2.75, 3.05) is 7.11 Å². The second-order valence-electron chi connectivity index (χ2n) is 4.19. The van der Waals surface area contributed by atoms with Crippen molar-refractivity contribution in [2.45, 2.75) is 13.1 Å². The zero-order valence-corrected chi connectivity index (χ0v) is 11.5. The molecule has 20 heavy (non-hydrogen) atoms. The fourth-order valence-electron chi connectivity index (χ4n) is 1.77. The molecule has 0 atom stereocenters. The molecule has 0 radical (unpaired) electrons. The minimum atomic E-state index is -4.51. The number of aryl methyl sites for hydroxylation is 1. The highest BCUT2D eigenvalue weighted by Gasteiger charge is 2.32. The zero-order valence-electron chi connectivity index (χ0n) is 10.7. The molecule has 0 aliphatic heterocycles. The molecule has 1 heterocycles. The third-order valence-corrected chi connectivity index (χ3v) is 2.87. The second kappa shape index (κ2) is 5.24. The first-order chi connectivity index (χ1) is 9.31. The molecule has 0 aliphatic rings. The number of hydrogen-bond acceptors (Lipinski definition) is 3. The molecule has 2 aromatic rings. The summed E-state index contributed by atoms with van der Waals surface area (Å²) in [4.78, 5) is 5.99. The Labute approximate surface area is 118 Å². The largest absolute Gasteiger partial charge is 0.496 e. The van der Waals surface area contributed by atoms with Gasteiger partial charge in [0, 0.05) is 5.56 Å². The number of rotatable bonds is 2. The number of H-pyrrole nitrogens is 1. The number of alkyl halides is 3. The highest BCUT2D eigenvalue weighted by atomic mass is 32.1. The lowest BCUT2D eigenvalue weighted by molar-refractivity contribution is -0.141. The Kier molecular flexibility index (Phi) is 3.80. The van der Waals surface area contributed by atoms with E-state index in [0.717, 1.165) is 11.6 Å². The Morgan fingerprint density at radius 3 is 2.55 bits per heavy atom. The summed E-state index contributed by atoms with van der Waals surface area (Å²) in [5.41, 5.74) is 0.547. The molecule has 0 amide bonds. The van der Waals surface area contributed by atoms with Crippen LogP contribution in [0.1, 0.15) is 11.3 Å². The summed E-state index contributed by atoms with van der Waals surface area (Å²) in [6.45, 7) is 1.83. The first kappa shape index (κ1) is 14.5. The van der Waals surface area contributed by atoms with E-state index < -0.39 is 11.9 Å². The summed E-state index contributed by atoms with van der Waals surface area (Å²) in [6, 6.07) is 6.11. The molecule has 0 aliphatic carbocycles. The summed E-state index contributed by atoms with van der Waals surface area (Å²) < 4.78 is 43.3. The van der Waals surface area contributed by atoms with E-state index in [1.807, 2.05) is 11.9 Å². The number of halogens is 3. The maximum Gasteiger partial charge on any atom is 0.431 e. The van der Waals surface area contributed by atoms with Crippen LogP contribution < -0.4 is 4.74 Å². The van der Waals surface area contributed by atoms with E-state index in [1.54, 1.807) is 18.2 Å². The van der Waals surface area contributed by atoms with Gasteiger partial charge in [-0.2, -0.15) is 13.2 Å². The van der Waals surface area contributed by atoms with Gasteiger partial charge in [0.15, 0.2) is 4.77 Å². The summed E-state index contributed by atoms with van der Waals surface area (Å²) in [5, 5.41) is 0. The average molecular weight is 300 g/mol. The number of nitrogens with one attached hydrogen (secondary N) is 1. The minimum absolute atomic E-state index is 0.127. The normalized spacial score (nSPS) is 11.4. The van der Waals surface area contributed by atoms with Gasteiger partial charge in [-0.25, -0.2) is 4.98 Å². The molecular formula is C13H11F3N2OS. The van der Waals surface area contributed by atoms with Gasteiger partial charge in [0.25, 0.3) is 0 Å². The molecule has 106 valence electrons. The van der Waals surface area contributed by atoms with Crippen molar-refractivity contribution in [2.24, 2.45) is 0 Å². The maximum atomic E-state index is 12.8. The lowest BCUT2D eigenvalue weighted by Gasteiger charge is -2.11. The van der Waals surface area contributed by atoms with Crippen LogP contribution >= 0.6 is 12.2 Å². The van der Waals surface area contributed by atoms with Crippen LogP contribution in [-0.4, -0.2) is 17.1 Å². The molecular weight excluding hydrogens is 289 g/mol. The van der Waals surface area contributed by atoms with Crippen LogP contribution in [0, 0.1) is 11.7 Å². The number of hydrogen-bond donors (Lipinski definition) is 1. The molecule has 0 unspecified atom stereocenters. The number of nitrogens with zero attached hydrogens (tertiary/aromatic N) is 1. The van der Waals surface area contributed by atoms with Crippen molar-refractivity contribution in [3.05, 3.63) is 40.3 Å². The first-order valence-corrected chi connectivity index (χ1v) is 6.05. The quantitative estimate of drug-likeness (QED) is 0.847. The third-order valence-electron chi connectivity index (χ3n) is 2.68. The molecule has 1 aromatic heterocycles. The lowest BCUT2D eigenvalue weighted by Crippen LogP contribution is -2.09. The van der Waals surface area contributed by atoms with Gasteiger partial charge in [0.05, 0.1) is 12.8 Å². The Balaban J connectivity index is 2.67. The van der Waals surface area contributed by atoms with Crippen molar-refractivity contribution in [1.82, 2.24) is 9.97 Å². The van der Waals surface area contributed by atoms with Gasteiger partial charge in [0.2, 0.25) is 0 Å². The summed E-state index contributed by atoms with van der Waals surface area (Å²) in [7, 11) is 1.45. The van der Waals surface area contributed by atoms with E-state index in [4.69, 9.17) is 17.0 Å². The van der Waals surface area contributed by atoms with Gasteiger partial charge in [0.1, 0.15) is 11.4 Å². The van der Waals surface area contributed by atoms with Crippen LogP contribution in [0.15, 0.2) is 24.3 Å². The van der Waals surface area contributed by atoms with Crippen LogP contribution in [0.2, 0.25) is 0 Å². The van der Waals surface area contributed by atoms with Crippen LogP contribution in [0.5, 0.6) is 5.75 Å². The topological polar surface area (TPSA) is 37.9 Å². The van der Waals surface area contributed by atoms with Gasteiger partial charge in [-0.05, 0) is 37.3 Å². The summed E-state index contributed by atoms with van der Waals surface area (Å²) in [5.74, 6) is 0.442. The lowest BCUT2D eigenvalue weighted by atomic mass is 10.1. The first-order valence-electron chi connectivity index (χ1n) is 5.65. The number of aromatic nitrogens is 2. The number of methoxy groups -OCH3 is 1. The van der Waals surface area contributed by atoms with Crippen molar-refractivity contribution in [1.29, 1.82) is 0 Å². The van der Waals surface area contributed by atoms with E-state index in [1.165, 1.54) is 7.11 Å². The van der Waals surface area contributed by atoms with Crippen molar-refractivity contribution < 1.29 is 17.9 Å². The van der Waals surface area contributed by atoms with Crippen LogP contribution in [0.25, 0.3) is 11.3 Å². The molecule has 2 rings (SSSR count). The number of ether oxygens (including phenoxy) is 1. The van der Waals surface area contributed by atoms with Crippen LogP contribution in [-0.2, 0) is 6.18 Å². The van der Waals surface area contributed by atoms with E-state index >= 15 is 0 Å². The fourth-order valence-corrected chi connectivity index (χ4v) is 1.98. The van der Waals surface area contributed by atoms with Gasteiger partial charge in [-0.1, -0.05) is 11.6 Å². The molecule has 7 heteroatoms. The SMILES string of the molecule is COc1ccc(C)cc1-c1cc(C(F)(F)F)[nH]c(=S)n1. The fraction of sp³-hybridized carbons (Fsp3) is 0.231. The Morgan fingerprint density at radius 1 is 1.25 bits per heavy atom. The Hall–Kier alpha value is -1.89. The predicted octanol–water partition coefficient (Wildman–Crippen LogP) is 4.14.